The van der Waals surface area contributed by atoms with Gasteiger partial charge in [-0.1, -0.05) is 42.0 Å². The number of nitrogens with one attached hydrogen (secondary N) is 1. The van der Waals surface area contributed by atoms with Gasteiger partial charge >= 0.3 is 5.97 Å². The average molecular weight is 355 g/mol. The number of hydrogen-bond donors (Lipinski definition) is 2. The van der Waals surface area contributed by atoms with Crippen LogP contribution in [0.15, 0.2) is 48.5 Å². The van der Waals surface area contributed by atoms with E-state index in [1.165, 1.54) is 0 Å². The van der Waals surface area contributed by atoms with E-state index in [2.05, 4.69) is 5.32 Å². The molecule has 2 aromatic rings. The van der Waals surface area contributed by atoms with Crippen molar-refractivity contribution >= 4 is 11.9 Å². The molecule has 2 rings (SSSR count). The van der Waals surface area contributed by atoms with Crippen molar-refractivity contribution in [3.63, 3.8) is 0 Å². The quantitative estimate of drug-likeness (QED) is 0.760. The van der Waals surface area contributed by atoms with Crippen molar-refractivity contribution in [2.75, 3.05) is 7.11 Å². The SMILES string of the molecule is COc1cccc(C(C)(CC(=O)O)NC(=O)CCc2cccc(C)c2)c1. The second kappa shape index (κ2) is 8.52. The van der Waals surface area contributed by atoms with Crippen LogP contribution in [0.3, 0.4) is 0 Å². The molecule has 0 spiro atoms. The Labute approximate surface area is 154 Å². The first kappa shape index (κ1) is 19.5. The number of carbonyl (C=O) groups excluding carboxylic acids is 1. The van der Waals surface area contributed by atoms with E-state index in [0.717, 1.165) is 11.1 Å². The summed E-state index contributed by atoms with van der Waals surface area (Å²) < 4.78 is 5.22. The fourth-order valence-corrected chi connectivity index (χ4v) is 2.98. The standard InChI is InChI=1S/C21H25NO4/c1-15-6-4-7-16(12-15)10-11-19(23)22-21(2,14-20(24)25)17-8-5-9-18(13-17)26-3/h4-9,12-13H,10-11,14H2,1-3H3,(H,22,23)(H,24,25). The number of carbonyl (C=O) groups is 2. The van der Waals surface area contributed by atoms with Crippen LogP contribution < -0.4 is 10.1 Å². The second-order valence-corrected chi connectivity index (χ2v) is 6.67. The van der Waals surface area contributed by atoms with Gasteiger partial charge in [0.1, 0.15) is 5.75 Å². The number of amides is 1. The number of hydrogen-bond acceptors (Lipinski definition) is 3. The predicted molar refractivity (Wildman–Crippen MR) is 100 cm³/mol. The van der Waals surface area contributed by atoms with Gasteiger partial charge in [-0.2, -0.15) is 0 Å². The van der Waals surface area contributed by atoms with Crippen LogP contribution in [0, 0.1) is 6.92 Å². The Balaban J connectivity index is 2.13. The van der Waals surface area contributed by atoms with Crippen molar-refractivity contribution < 1.29 is 19.4 Å². The van der Waals surface area contributed by atoms with E-state index in [1.807, 2.05) is 31.2 Å². The molecule has 0 radical (unpaired) electrons. The molecule has 1 atom stereocenters. The summed E-state index contributed by atoms with van der Waals surface area (Å²) in [4.78, 5) is 23.8. The number of aliphatic carboxylic acids is 1. The first-order chi connectivity index (χ1) is 12.3. The molecule has 0 aromatic heterocycles. The Morgan fingerprint density at radius 3 is 2.54 bits per heavy atom. The highest BCUT2D eigenvalue weighted by atomic mass is 16.5. The van der Waals surface area contributed by atoms with E-state index >= 15 is 0 Å². The minimum Gasteiger partial charge on any atom is -0.497 e. The molecule has 0 heterocycles. The first-order valence-electron chi connectivity index (χ1n) is 8.55. The van der Waals surface area contributed by atoms with E-state index in [9.17, 15) is 14.7 Å². The molecule has 5 nitrogen and oxygen atoms in total. The molecule has 0 saturated carbocycles. The summed E-state index contributed by atoms with van der Waals surface area (Å²) in [6, 6.07) is 15.1. The molecule has 0 saturated heterocycles. The summed E-state index contributed by atoms with van der Waals surface area (Å²) >= 11 is 0. The summed E-state index contributed by atoms with van der Waals surface area (Å²) in [5.74, 6) is -0.541. The lowest BCUT2D eigenvalue weighted by atomic mass is 9.88. The number of methoxy groups -OCH3 is 1. The van der Waals surface area contributed by atoms with Crippen molar-refractivity contribution in [2.45, 2.75) is 38.6 Å². The number of ether oxygens (including phenoxy) is 1. The van der Waals surface area contributed by atoms with E-state index in [4.69, 9.17) is 4.74 Å². The highest BCUT2D eigenvalue weighted by molar-refractivity contribution is 5.79. The Morgan fingerprint density at radius 1 is 1.15 bits per heavy atom. The zero-order valence-electron chi connectivity index (χ0n) is 15.4. The molecule has 0 fully saturated rings. The van der Waals surface area contributed by atoms with Crippen molar-refractivity contribution in [1.29, 1.82) is 0 Å². The zero-order valence-corrected chi connectivity index (χ0v) is 15.4. The lowest BCUT2D eigenvalue weighted by molar-refractivity contribution is -0.139. The number of rotatable bonds is 8. The largest absolute Gasteiger partial charge is 0.497 e. The summed E-state index contributed by atoms with van der Waals surface area (Å²) in [6.45, 7) is 3.73. The van der Waals surface area contributed by atoms with Crippen molar-refractivity contribution in [1.82, 2.24) is 5.32 Å². The zero-order chi connectivity index (χ0) is 19.2. The molecule has 0 aliphatic heterocycles. The molecular weight excluding hydrogens is 330 g/mol. The normalized spacial score (nSPS) is 12.9. The molecule has 0 aliphatic carbocycles. The van der Waals surface area contributed by atoms with Gasteiger partial charge in [0.05, 0.1) is 19.1 Å². The third-order valence-corrected chi connectivity index (χ3v) is 4.35. The highest BCUT2D eigenvalue weighted by Gasteiger charge is 2.31. The van der Waals surface area contributed by atoms with Gasteiger partial charge in [0, 0.05) is 6.42 Å². The summed E-state index contributed by atoms with van der Waals surface area (Å²) in [5, 5.41) is 12.2. The lowest BCUT2D eigenvalue weighted by Crippen LogP contribution is -2.45. The molecule has 1 amide bonds. The Morgan fingerprint density at radius 2 is 1.88 bits per heavy atom. The number of benzene rings is 2. The van der Waals surface area contributed by atoms with Gasteiger partial charge in [-0.05, 0) is 43.5 Å². The van der Waals surface area contributed by atoms with Crippen LogP contribution >= 0.6 is 0 Å². The van der Waals surface area contributed by atoms with Crippen LogP contribution in [0.1, 0.15) is 36.5 Å². The average Bonchev–Trinajstić information content (AvgIpc) is 2.59. The first-order valence-corrected chi connectivity index (χ1v) is 8.55. The monoisotopic (exact) mass is 355 g/mol. The van der Waals surface area contributed by atoms with Crippen LogP contribution in [0.4, 0.5) is 0 Å². The minimum atomic E-state index is -1.01. The van der Waals surface area contributed by atoms with E-state index in [-0.39, 0.29) is 12.3 Å². The molecule has 0 aliphatic rings. The number of aryl methyl sites for hydroxylation is 2. The predicted octanol–water partition coefficient (Wildman–Crippen LogP) is 3.44. The molecular formula is C21H25NO4. The third-order valence-electron chi connectivity index (χ3n) is 4.35. The van der Waals surface area contributed by atoms with Gasteiger partial charge in [0.2, 0.25) is 5.91 Å². The minimum absolute atomic E-state index is 0.182. The maximum absolute atomic E-state index is 12.5. The highest BCUT2D eigenvalue weighted by Crippen LogP contribution is 2.28. The van der Waals surface area contributed by atoms with E-state index in [1.54, 1.807) is 38.3 Å². The number of carboxylic acid groups (broad SMARTS) is 1. The van der Waals surface area contributed by atoms with Crippen molar-refractivity contribution in [2.24, 2.45) is 0 Å². The van der Waals surface area contributed by atoms with Gasteiger partial charge in [0.25, 0.3) is 0 Å². The molecule has 0 bridgehead atoms. The maximum Gasteiger partial charge on any atom is 0.306 e. The fraction of sp³-hybridized carbons (Fsp3) is 0.333. The van der Waals surface area contributed by atoms with Crippen LogP contribution in [-0.2, 0) is 21.5 Å². The fourth-order valence-electron chi connectivity index (χ4n) is 2.98. The van der Waals surface area contributed by atoms with Crippen LogP contribution in [0.2, 0.25) is 0 Å². The molecule has 1 unspecified atom stereocenters. The maximum atomic E-state index is 12.5. The molecule has 5 heteroatoms. The topological polar surface area (TPSA) is 75.6 Å². The molecule has 138 valence electrons. The molecule has 26 heavy (non-hydrogen) atoms. The second-order valence-electron chi connectivity index (χ2n) is 6.67. The molecule has 2 aromatic carbocycles. The molecule has 2 N–H and O–H groups in total. The Bertz CT molecular complexity index is 787. The third kappa shape index (κ3) is 5.34. The lowest BCUT2D eigenvalue weighted by Gasteiger charge is -2.30. The van der Waals surface area contributed by atoms with Crippen molar-refractivity contribution in [3.8, 4) is 5.75 Å². The van der Waals surface area contributed by atoms with Crippen LogP contribution in [0.25, 0.3) is 0 Å². The summed E-state index contributed by atoms with van der Waals surface area (Å²) in [5.41, 5.74) is 1.92. The van der Waals surface area contributed by atoms with Crippen LogP contribution in [-0.4, -0.2) is 24.1 Å². The Kier molecular flexibility index (Phi) is 6.39. The van der Waals surface area contributed by atoms with Gasteiger partial charge in [-0.25, -0.2) is 0 Å². The smallest absolute Gasteiger partial charge is 0.306 e. The van der Waals surface area contributed by atoms with Crippen LogP contribution in [0.5, 0.6) is 5.75 Å². The van der Waals surface area contributed by atoms with Gasteiger partial charge in [-0.15, -0.1) is 0 Å². The number of carboxylic acids is 1. The van der Waals surface area contributed by atoms with Crippen molar-refractivity contribution in [3.05, 3.63) is 65.2 Å². The van der Waals surface area contributed by atoms with E-state index < -0.39 is 11.5 Å². The van der Waals surface area contributed by atoms with Gasteiger partial charge < -0.3 is 15.2 Å². The summed E-state index contributed by atoms with van der Waals surface area (Å²) in [7, 11) is 1.55. The Hall–Kier alpha value is -2.82. The van der Waals surface area contributed by atoms with Gasteiger partial charge in [-0.3, -0.25) is 9.59 Å². The van der Waals surface area contributed by atoms with E-state index in [0.29, 0.717) is 24.2 Å². The van der Waals surface area contributed by atoms with Gasteiger partial charge in [0.15, 0.2) is 0 Å². The summed E-state index contributed by atoms with van der Waals surface area (Å²) in [6.07, 6.45) is 0.688.